The Labute approximate surface area is 485 Å². The number of aromatic nitrogens is 6. The van der Waals surface area contributed by atoms with Gasteiger partial charge in [0.1, 0.15) is 42.8 Å². The lowest BCUT2D eigenvalue weighted by atomic mass is 10.1. The monoisotopic (exact) mass is 1250 g/mol. The Bertz CT molecular complexity index is 3560. The van der Waals surface area contributed by atoms with Gasteiger partial charge >= 0.3 is 55.7 Å². The number of rotatable bonds is 16. The Hall–Kier alpha value is -7.50. The molecule has 2 unspecified atom stereocenters. The van der Waals surface area contributed by atoms with Gasteiger partial charge in [-0.1, -0.05) is 47.5 Å². The van der Waals surface area contributed by atoms with Crippen LogP contribution < -0.4 is 47.7 Å². The zero-order valence-electron chi connectivity index (χ0n) is 44.6. The first-order valence-electron chi connectivity index (χ1n) is 24.9. The number of nitrogens with one attached hydrogen (secondary N) is 2. The molecular weight excluding hydrogens is 1200 g/mol. The molecule has 3 aromatic carbocycles. The molecule has 0 spiro atoms. The summed E-state index contributed by atoms with van der Waals surface area (Å²) in [6.45, 7) is 2.53. The molecule has 0 aliphatic carbocycles. The van der Waals surface area contributed by atoms with Crippen molar-refractivity contribution in [1.82, 2.24) is 28.7 Å². The second kappa shape index (κ2) is 27.5. The summed E-state index contributed by atoms with van der Waals surface area (Å²) in [6, 6.07) is 20.2. The lowest BCUT2D eigenvalue weighted by Crippen LogP contribution is -2.39. The number of halogens is 2. The third kappa shape index (κ3) is 14.5. The third-order valence-electron chi connectivity index (χ3n) is 13.0. The van der Waals surface area contributed by atoms with Crippen molar-refractivity contribution in [2.24, 2.45) is 0 Å². The summed E-state index contributed by atoms with van der Waals surface area (Å²) in [6.07, 6.45) is -6.19. The van der Waals surface area contributed by atoms with E-state index in [0.29, 0.717) is 5.75 Å². The van der Waals surface area contributed by atoms with Crippen molar-refractivity contribution in [2.45, 2.75) is 93.5 Å². The molecule has 84 heavy (non-hydrogen) atoms. The molecule has 6 heterocycles. The molecule has 9 N–H and O–H groups in total. The summed E-state index contributed by atoms with van der Waals surface area (Å²) in [4.78, 5) is 90.8. The van der Waals surface area contributed by atoms with Gasteiger partial charge in [-0.25, -0.2) is 19.2 Å². The number of H-pyrrole nitrogens is 2. The Balaban J connectivity index is 0.000000181. The van der Waals surface area contributed by atoms with Crippen LogP contribution in [0, 0.1) is 13.8 Å². The second-order valence-corrected chi connectivity index (χ2v) is 22.5. The van der Waals surface area contributed by atoms with Crippen LogP contribution in [0.3, 0.4) is 0 Å². The van der Waals surface area contributed by atoms with Crippen molar-refractivity contribution in [2.75, 3.05) is 32.7 Å². The maximum absolute atomic E-state index is 12.7. The van der Waals surface area contributed by atoms with E-state index in [0.717, 1.165) is 20.6 Å². The number of aromatic amines is 2. The molecule has 3 aliphatic heterocycles. The predicted octanol–water partition coefficient (Wildman–Crippen LogP) is 2.46. The number of ether oxygens (including phenoxy) is 6. The number of aliphatic hydroxyl groups is 5. The Kier molecular flexibility index (Phi) is 21.0. The van der Waals surface area contributed by atoms with Crippen molar-refractivity contribution >= 4 is 57.0 Å². The summed E-state index contributed by atoms with van der Waals surface area (Å²) in [5, 5.41) is 47.8. The van der Waals surface area contributed by atoms with Crippen molar-refractivity contribution in [1.29, 1.82) is 0 Å². The number of para-hydroxylation sites is 2. The molecule has 29 nitrogen and oxygen atoms in total. The summed E-state index contributed by atoms with van der Waals surface area (Å²) >= 11 is 11.9. The van der Waals surface area contributed by atoms with Crippen LogP contribution in [-0.2, 0) is 37.6 Å². The number of benzene rings is 3. The van der Waals surface area contributed by atoms with Gasteiger partial charge in [-0.05, 0) is 77.6 Å². The highest BCUT2D eigenvalue weighted by molar-refractivity contribution is 7.41. The van der Waals surface area contributed by atoms with Crippen LogP contribution in [0.1, 0.15) is 59.9 Å². The van der Waals surface area contributed by atoms with Gasteiger partial charge in [-0.3, -0.25) is 47.1 Å². The molecule has 0 bridgehead atoms. The van der Waals surface area contributed by atoms with Gasteiger partial charge in [0.05, 0.1) is 48.8 Å². The molecule has 6 aromatic rings. The number of carbonyl (C=O) groups excluding carboxylic acids is 2. The maximum Gasteiger partial charge on any atom is 0.595 e. The molecule has 12 atom stereocenters. The molecule has 0 amide bonds. The van der Waals surface area contributed by atoms with Gasteiger partial charge < -0.3 is 59.7 Å². The minimum atomic E-state index is -2.79. The van der Waals surface area contributed by atoms with E-state index in [9.17, 15) is 68.2 Å². The van der Waals surface area contributed by atoms with Crippen molar-refractivity contribution in [3.05, 3.63) is 176 Å². The fourth-order valence-electron chi connectivity index (χ4n) is 8.54. The lowest BCUT2D eigenvalue weighted by molar-refractivity contribution is -0.153. The lowest BCUT2D eigenvalue weighted by Gasteiger charge is -2.20. The fourth-order valence-corrected chi connectivity index (χ4v) is 11.4. The molecule has 3 fully saturated rings. The summed E-state index contributed by atoms with van der Waals surface area (Å²) in [5.41, 5.74) is 2.91. The molecule has 448 valence electrons. The number of nitrogens with zero attached hydrogens (tertiary/aromatic N) is 4. The van der Waals surface area contributed by atoms with E-state index >= 15 is 0 Å². The number of methoxy groups -OCH3 is 1. The number of carbonyl (C=O) groups is 2. The van der Waals surface area contributed by atoms with E-state index in [4.69, 9.17) is 66.4 Å². The molecule has 33 heteroatoms. The van der Waals surface area contributed by atoms with Crippen LogP contribution in [0.4, 0.5) is 5.82 Å². The van der Waals surface area contributed by atoms with Crippen molar-refractivity contribution < 1.29 is 81.7 Å². The Morgan fingerprint density at radius 2 is 1.23 bits per heavy atom. The molecule has 9 rings (SSSR count). The second-order valence-electron chi connectivity index (χ2n) is 18.7. The number of anilines is 1. The number of nitrogen functional groups attached to an aromatic ring is 1. The number of aliphatic hydroxyl groups excluding tert-OH is 3. The average Bonchev–Trinajstić information content (AvgIpc) is 2.23. The average molecular weight is 1250 g/mol. The largest absolute Gasteiger partial charge is 0.595 e. The first-order chi connectivity index (χ1) is 39.8. The minimum absolute atomic E-state index is 0.00486. The SMILES string of the molecule is COc1ccc(C(=O)OC[C@H]2O[C@@H](n3ccc(N)nc3=O)[C@H](O)[C@@H]2OC(C)=O)cc1.Cc1cn([C@H]2C[C@@](O)([P+](=O)Oc3ccccc3Cl)[C@@H](CO)O2)c(=O)[nH]c1=O.Cc1cn([C@H]2C[C@@](O)([P+](=O)Oc3ccccc3Cl)[C@@H](CO)O2)c(=O)[nH]c1=O. The number of hydrogen-bond donors (Lipinski definition) is 8. The summed E-state index contributed by atoms with van der Waals surface area (Å²) in [7, 11) is -4.08. The van der Waals surface area contributed by atoms with E-state index in [-0.39, 0.29) is 63.5 Å². The van der Waals surface area contributed by atoms with Gasteiger partial charge in [-0.2, -0.15) is 4.98 Å². The Morgan fingerprint density at radius 3 is 1.65 bits per heavy atom. The van der Waals surface area contributed by atoms with Crippen LogP contribution in [0.5, 0.6) is 17.2 Å². The summed E-state index contributed by atoms with van der Waals surface area (Å²) < 4.78 is 71.4. The Morgan fingerprint density at radius 1 is 0.750 bits per heavy atom. The molecule has 0 saturated carbocycles. The van der Waals surface area contributed by atoms with Crippen molar-refractivity contribution in [3.8, 4) is 17.2 Å². The van der Waals surface area contributed by atoms with Gasteiger partial charge in [-0.15, -0.1) is 0 Å². The third-order valence-corrected chi connectivity index (χ3v) is 16.5. The van der Waals surface area contributed by atoms with Gasteiger partial charge in [0.15, 0.2) is 24.5 Å². The van der Waals surface area contributed by atoms with E-state index in [1.54, 1.807) is 36.4 Å². The number of hydrogen-bond acceptors (Lipinski definition) is 24. The first-order valence-corrected chi connectivity index (χ1v) is 28.0. The van der Waals surface area contributed by atoms with E-state index < -0.39 is 129 Å². The van der Waals surface area contributed by atoms with Crippen molar-refractivity contribution in [3.63, 3.8) is 0 Å². The highest BCUT2D eigenvalue weighted by Crippen LogP contribution is 2.54. The van der Waals surface area contributed by atoms with E-state index in [1.807, 2.05) is 0 Å². The number of aryl methyl sites for hydroxylation is 2. The first kappa shape index (κ1) is 64.1. The predicted molar refractivity (Wildman–Crippen MR) is 294 cm³/mol. The highest BCUT2D eigenvalue weighted by Gasteiger charge is 2.66. The maximum atomic E-state index is 12.7. The number of nitrogens with two attached hydrogens (primary N) is 1. The highest BCUT2D eigenvalue weighted by atomic mass is 35.5. The number of esters is 2. The smallest absolute Gasteiger partial charge is 0.497 e. The van der Waals surface area contributed by atoms with Gasteiger partial charge in [0, 0.05) is 36.6 Å². The van der Waals surface area contributed by atoms with Crippen LogP contribution in [-0.4, -0.2) is 134 Å². The van der Waals surface area contributed by atoms with Crippen LogP contribution >= 0.6 is 39.3 Å². The normalized spacial score (nSPS) is 24.6. The van der Waals surface area contributed by atoms with Crippen LogP contribution in [0.25, 0.3) is 0 Å². The summed E-state index contributed by atoms with van der Waals surface area (Å²) in [5.74, 6) is -0.527. The van der Waals surface area contributed by atoms with Gasteiger partial charge in [0.2, 0.25) is 11.5 Å². The fraction of sp³-hybridized carbons (Fsp3) is 0.373. The topological polar surface area (TPSA) is 414 Å². The van der Waals surface area contributed by atoms with Crippen LogP contribution in [0.15, 0.2) is 121 Å². The molecule has 0 radical (unpaired) electrons. The van der Waals surface area contributed by atoms with Crippen LogP contribution in [0.2, 0.25) is 10.0 Å². The minimum Gasteiger partial charge on any atom is -0.497 e. The molecule has 3 saturated heterocycles. The molecule has 3 aromatic heterocycles. The van der Waals surface area contributed by atoms with Gasteiger partial charge in [0.25, 0.3) is 11.1 Å². The standard InChI is InChI=1S/C19H21N3O8.2C16H16ClN2O7P/c1-10(23)29-16-13(9-28-18(25)11-3-5-12(27-2)6-4-11)30-17(15(16)24)22-8-7-14(20)21-19(22)26;2*1-9-7-19(15(22)18-14(9)21)13-6-16(23,12(8-20)25-13)27(24)26-11-5-3-2-4-10(11)17/h3-8,13,15-17,24H,9H2,1-2H3,(H2,20,21,26);2*2-5,7,12-13,20,23H,6,8H2,1H3/p+2/t13-,15-,16-,17-;2*12-,13-,16-/m111/s1. The van der Waals surface area contributed by atoms with E-state index in [1.165, 1.54) is 82.0 Å². The zero-order chi connectivity index (χ0) is 61.4. The van der Waals surface area contributed by atoms with E-state index in [2.05, 4.69) is 15.0 Å². The quantitative estimate of drug-likeness (QED) is 0.0509. The zero-order valence-corrected chi connectivity index (χ0v) is 47.9. The molecular formula is C51H55Cl2N7O22P2+2. The molecule has 3 aliphatic rings.